The van der Waals surface area contributed by atoms with E-state index in [2.05, 4.69) is 23.1 Å². The van der Waals surface area contributed by atoms with Crippen LogP contribution in [0, 0.1) is 0 Å². The van der Waals surface area contributed by atoms with Crippen LogP contribution in [-0.4, -0.2) is 17.5 Å². The minimum Gasteiger partial charge on any atom is -0.326 e. The molecule has 2 heteroatoms. The largest absolute Gasteiger partial charge is 0.326 e. The van der Waals surface area contributed by atoms with Crippen LogP contribution in [0.2, 0.25) is 0 Å². The second-order valence-electron chi connectivity index (χ2n) is 5.47. The molecular formula is C15H22N2. The van der Waals surface area contributed by atoms with Crippen molar-refractivity contribution in [3.63, 3.8) is 0 Å². The highest BCUT2D eigenvalue weighted by atomic mass is 15.2. The molecule has 0 atom stereocenters. The van der Waals surface area contributed by atoms with Crippen LogP contribution in [0.1, 0.15) is 42.4 Å². The van der Waals surface area contributed by atoms with Gasteiger partial charge in [0.25, 0.3) is 0 Å². The number of hydrogen-bond acceptors (Lipinski definition) is 2. The van der Waals surface area contributed by atoms with Crippen molar-refractivity contribution in [3.8, 4) is 0 Å². The topological polar surface area (TPSA) is 29.3 Å². The molecule has 0 bridgehead atoms. The molecule has 1 aromatic rings. The monoisotopic (exact) mass is 230 g/mol. The lowest BCUT2D eigenvalue weighted by Gasteiger charge is -2.33. The fourth-order valence-corrected chi connectivity index (χ4v) is 3.34. The molecule has 1 heterocycles. The first kappa shape index (κ1) is 11.2. The summed E-state index contributed by atoms with van der Waals surface area (Å²) in [6, 6.07) is 7.65. The van der Waals surface area contributed by atoms with Crippen molar-refractivity contribution in [2.45, 2.75) is 51.2 Å². The lowest BCUT2D eigenvalue weighted by Crippen LogP contribution is -2.37. The molecule has 0 radical (unpaired) electrons. The maximum atomic E-state index is 5.70. The van der Waals surface area contributed by atoms with Gasteiger partial charge in [-0.05, 0) is 36.0 Å². The van der Waals surface area contributed by atoms with E-state index in [0.717, 1.165) is 12.6 Å². The third kappa shape index (κ3) is 2.24. The zero-order valence-corrected chi connectivity index (χ0v) is 10.5. The summed E-state index contributed by atoms with van der Waals surface area (Å²) in [6.07, 6.45) is 6.90. The van der Waals surface area contributed by atoms with Gasteiger partial charge in [-0.1, -0.05) is 31.0 Å². The molecule has 92 valence electrons. The average molecular weight is 230 g/mol. The summed E-state index contributed by atoms with van der Waals surface area (Å²) in [7, 11) is 0. The van der Waals surface area contributed by atoms with Crippen molar-refractivity contribution in [1.29, 1.82) is 0 Å². The number of rotatable bonds is 2. The Labute approximate surface area is 104 Å². The van der Waals surface area contributed by atoms with Gasteiger partial charge in [0.05, 0.1) is 0 Å². The molecule has 1 saturated carbocycles. The Morgan fingerprint density at radius 2 is 2.00 bits per heavy atom. The molecule has 3 rings (SSSR count). The Kier molecular flexibility index (Phi) is 3.17. The first-order valence-electron chi connectivity index (χ1n) is 6.91. The molecule has 2 aliphatic rings. The summed E-state index contributed by atoms with van der Waals surface area (Å²) >= 11 is 0. The van der Waals surface area contributed by atoms with E-state index in [1.165, 1.54) is 55.3 Å². The normalized spacial score (nSPS) is 21.7. The number of nitrogens with zero attached hydrogens (tertiary/aromatic N) is 1. The molecule has 0 spiro atoms. The summed E-state index contributed by atoms with van der Waals surface area (Å²) in [4.78, 5) is 2.69. The van der Waals surface area contributed by atoms with Crippen LogP contribution < -0.4 is 5.73 Å². The summed E-state index contributed by atoms with van der Waals surface area (Å²) in [5.41, 5.74) is 10.0. The van der Waals surface area contributed by atoms with Crippen LogP contribution >= 0.6 is 0 Å². The van der Waals surface area contributed by atoms with E-state index in [1.807, 2.05) is 0 Å². The number of hydrogen-bond donors (Lipinski definition) is 1. The number of benzene rings is 1. The van der Waals surface area contributed by atoms with E-state index < -0.39 is 0 Å². The van der Waals surface area contributed by atoms with Gasteiger partial charge in [0.2, 0.25) is 0 Å². The van der Waals surface area contributed by atoms with E-state index in [1.54, 1.807) is 0 Å². The zero-order chi connectivity index (χ0) is 11.7. The third-order valence-electron chi connectivity index (χ3n) is 4.39. The van der Waals surface area contributed by atoms with Crippen LogP contribution in [0.15, 0.2) is 18.2 Å². The van der Waals surface area contributed by atoms with Crippen LogP contribution in [0.25, 0.3) is 0 Å². The molecule has 17 heavy (non-hydrogen) atoms. The lowest BCUT2D eigenvalue weighted by molar-refractivity contribution is 0.181. The average Bonchev–Trinajstić information content (AvgIpc) is 2.91. The molecule has 0 amide bonds. The highest BCUT2D eigenvalue weighted by Crippen LogP contribution is 2.28. The highest BCUT2D eigenvalue weighted by Gasteiger charge is 2.25. The van der Waals surface area contributed by atoms with Gasteiger partial charge in [-0.25, -0.2) is 0 Å². The molecule has 1 aliphatic heterocycles. The second-order valence-corrected chi connectivity index (χ2v) is 5.47. The van der Waals surface area contributed by atoms with E-state index in [-0.39, 0.29) is 0 Å². The first-order chi connectivity index (χ1) is 8.36. The van der Waals surface area contributed by atoms with Gasteiger partial charge in [-0.15, -0.1) is 0 Å². The van der Waals surface area contributed by atoms with Crippen molar-refractivity contribution in [2.75, 3.05) is 6.54 Å². The van der Waals surface area contributed by atoms with Crippen molar-refractivity contribution in [3.05, 3.63) is 34.9 Å². The third-order valence-corrected chi connectivity index (χ3v) is 4.39. The molecular weight excluding hydrogens is 208 g/mol. The number of fused-ring (bicyclic) bond motifs is 1. The quantitative estimate of drug-likeness (QED) is 0.845. The summed E-state index contributed by atoms with van der Waals surface area (Å²) in [6.45, 7) is 3.07. The van der Waals surface area contributed by atoms with E-state index in [9.17, 15) is 0 Å². The predicted octanol–water partition coefficient (Wildman–Crippen LogP) is 2.45. The van der Waals surface area contributed by atoms with Gasteiger partial charge in [-0.3, -0.25) is 4.90 Å². The van der Waals surface area contributed by atoms with Gasteiger partial charge in [0.15, 0.2) is 0 Å². The standard InChI is InChI=1S/C15H22N2/c16-10-12-5-6-14-11-17(8-7-13(14)9-12)15-3-1-2-4-15/h5-6,9,15H,1-4,7-8,10-11,16H2. The summed E-state index contributed by atoms with van der Waals surface area (Å²) in [5, 5.41) is 0. The molecule has 1 aromatic carbocycles. The molecule has 0 aromatic heterocycles. The maximum absolute atomic E-state index is 5.70. The minimum absolute atomic E-state index is 0.666. The molecule has 1 aliphatic carbocycles. The lowest BCUT2D eigenvalue weighted by atomic mass is 9.96. The molecule has 2 nitrogen and oxygen atoms in total. The fourth-order valence-electron chi connectivity index (χ4n) is 3.34. The SMILES string of the molecule is NCc1ccc2c(c1)CCN(C1CCCC1)C2. The second kappa shape index (κ2) is 4.79. The predicted molar refractivity (Wildman–Crippen MR) is 70.7 cm³/mol. The van der Waals surface area contributed by atoms with Crippen LogP contribution in [-0.2, 0) is 19.5 Å². The fraction of sp³-hybridized carbons (Fsp3) is 0.600. The molecule has 0 saturated heterocycles. The Hall–Kier alpha value is -0.860. The van der Waals surface area contributed by atoms with Gasteiger partial charge in [-0.2, -0.15) is 0 Å². The highest BCUT2D eigenvalue weighted by molar-refractivity contribution is 5.33. The van der Waals surface area contributed by atoms with E-state index >= 15 is 0 Å². The summed E-state index contributed by atoms with van der Waals surface area (Å²) in [5.74, 6) is 0. The Morgan fingerprint density at radius 3 is 2.76 bits per heavy atom. The van der Waals surface area contributed by atoms with Crippen LogP contribution in [0.5, 0.6) is 0 Å². The molecule has 0 unspecified atom stereocenters. The Bertz CT molecular complexity index is 394. The zero-order valence-electron chi connectivity index (χ0n) is 10.5. The van der Waals surface area contributed by atoms with Gasteiger partial charge >= 0.3 is 0 Å². The number of nitrogens with two attached hydrogens (primary N) is 1. The smallest absolute Gasteiger partial charge is 0.0239 e. The van der Waals surface area contributed by atoms with Gasteiger partial charge in [0.1, 0.15) is 0 Å². The van der Waals surface area contributed by atoms with Crippen molar-refractivity contribution < 1.29 is 0 Å². The molecule has 1 fully saturated rings. The first-order valence-corrected chi connectivity index (χ1v) is 6.91. The van der Waals surface area contributed by atoms with E-state index in [0.29, 0.717) is 6.54 Å². The van der Waals surface area contributed by atoms with Crippen molar-refractivity contribution >= 4 is 0 Å². The van der Waals surface area contributed by atoms with Crippen molar-refractivity contribution in [2.24, 2.45) is 5.73 Å². The molecule has 2 N–H and O–H groups in total. The van der Waals surface area contributed by atoms with Gasteiger partial charge < -0.3 is 5.73 Å². The summed E-state index contributed by atoms with van der Waals surface area (Å²) < 4.78 is 0. The van der Waals surface area contributed by atoms with Crippen LogP contribution in [0.4, 0.5) is 0 Å². The Balaban J connectivity index is 1.76. The maximum Gasteiger partial charge on any atom is 0.0239 e. The van der Waals surface area contributed by atoms with Crippen LogP contribution in [0.3, 0.4) is 0 Å². The minimum atomic E-state index is 0.666. The van der Waals surface area contributed by atoms with E-state index in [4.69, 9.17) is 5.73 Å². The van der Waals surface area contributed by atoms with Crippen molar-refractivity contribution in [1.82, 2.24) is 4.90 Å². The Morgan fingerprint density at radius 1 is 1.18 bits per heavy atom. The van der Waals surface area contributed by atoms with Gasteiger partial charge in [0, 0.05) is 25.7 Å².